The van der Waals surface area contributed by atoms with Gasteiger partial charge in [-0.15, -0.1) is 13.2 Å². The number of hydrogen-bond donors (Lipinski definition) is 1. The Balaban J connectivity index is 1.99. The van der Waals surface area contributed by atoms with Crippen LogP contribution in [-0.2, 0) is 4.84 Å². The Morgan fingerprint density at radius 2 is 1.80 bits per heavy atom. The first kappa shape index (κ1) is 21.1. The molecule has 1 N–H and O–H groups in total. The van der Waals surface area contributed by atoms with E-state index in [-0.39, 0.29) is 5.69 Å². The van der Waals surface area contributed by atoms with Gasteiger partial charge in [0.05, 0.1) is 12.3 Å². The zero-order chi connectivity index (χ0) is 21.7. The van der Waals surface area contributed by atoms with Crippen molar-refractivity contribution in [3.05, 3.63) is 72.4 Å². The minimum Gasteiger partial charge on any atom is -0.494 e. The first-order valence-corrected chi connectivity index (χ1v) is 8.86. The number of anilines is 2. The van der Waals surface area contributed by atoms with Gasteiger partial charge in [-0.25, -0.2) is 9.78 Å². The summed E-state index contributed by atoms with van der Waals surface area (Å²) in [5, 5.41) is 9.66. The quantitative estimate of drug-likeness (QED) is 0.516. The van der Waals surface area contributed by atoms with Crippen molar-refractivity contribution in [3.8, 4) is 16.9 Å². The Hall–Kier alpha value is -3.59. The molecular weight excluding hydrogens is 401 g/mol. The molecule has 0 aliphatic carbocycles. The zero-order valence-electron chi connectivity index (χ0n) is 15.8. The van der Waals surface area contributed by atoms with Crippen molar-refractivity contribution in [2.45, 2.75) is 13.3 Å². The molecule has 0 unspecified atom stereocenters. The predicted molar refractivity (Wildman–Crippen MR) is 104 cm³/mol. The number of benzene rings is 2. The van der Waals surface area contributed by atoms with Crippen molar-refractivity contribution in [3.63, 3.8) is 0 Å². The molecule has 2 aromatic carbocycles. The van der Waals surface area contributed by atoms with Crippen LogP contribution < -0.4 is 9.80 Å². The Kier molecular flexibility index (Phi) is 6.22. The second-order valence-corrected chi connectivity index (χ2v) is 6.02. The molecule has 6 nitrogen and oxygen atoms in total. The number of alkyl halides is 3. The van der Waals surface area contributed by atoms with E-state index in [1.54, 1.807) is 24.3 Å². The first-order valence-electron chi connectivity index (χ1n) is 8.86. The molecule has 30 heavy (non-hydrogen) atoms. The van der Waals surface area contributed by atoms with Gasteiger partial charge in [0.15, 0.2) is 5.82 Å². The second kappa shape index (κ2) is 8.83. The third kappa shape index (κ3) is 5.06. The summed E-state index contributed by atoms with van der Waals surface area (Å²) in [7, 11) is 0. The van der Waals surface area contributed by atoms with E-state index in [2.05, 4.69) is 9.82 Å². The van der Waals surface area contributed by atoms with Gasteiger partial charge in [0, 0.05) is 6.20 Å². The lowest BCUT2D eigenvalue weighted by Crippen LogP contribution is -2.29. The van der Waals surface area contributed by atoms with Crippen LogP contribution in [-0.4, -0.2) is 29.0 Å². The number of hydrogen-bond acceptors (Lipinski definition) is 5. The molecule has 0 saturated carbocycles. The first-order chi connectivity index (χ1) is 14.3. The van der Waals surface area contributed by atoms with Crippen LogP contribution in [0.1, 0.15) is 17.3 Å². The maximum atomic E-state index is 13.0. The lowest BCUT2D eigenvalue weighted by Gasteiger charge is -2.24. The van der Waals surface area contributed by atoms with E-state index in [0.29, 0.717) is 17.4 Å². The SMILES string of the molecule is CCOc1cccc(-c2ccc(N(OC(F)(F)F)c3ncccc3C(=O)O)cc2)c1. The Morgan fingerprint density at radius 1 is 1.07 bits per heavy atom. The third-order valence-corrected chi connectivity index (χ3v) is 3.98. The number of carboxylic acids is 1. The van der Waals surface area contributed by atoms with Crippen LogP contribution in [0.3, 0.4) is 0 Å². The fourth-order valence-corrected chi connectivity index (χ4v) is 2.77. The highest BCUT2D eigenvalue weighted by molar-refractivity contribution is 5.94. The summed E-state index contributed by atoms with van der Waals surface area (Å²) in [6, 6.07) is 15.7. The highest BCUT2D eigenvalue weighted by Crippen LogP contribution is 2.34. The Morgan fingerprint density at radius 3 is 2.43 bits per heavy atom. The second-order valence-electron chi connectivity index (χ2n) is 6.02. The molecule has 3 rings (SSSR count). The van der Waals surface area contributed by atoms with Crippen LogP contribution in [0.5, 0.6) is 5.75 Å². The van der Waals surface area contributed by atoms with E-state index in [1.807, 2.05) is 19.1 Å². The molecule has 1 aromatic heterocycles. The van der Waals surface area contributed by atoms with Crippen LogP contribution in [0.4, 0.5) is 24.7 Å². The van der Waals surface area contributed by atoms with Crippen LogP contribution in [0.15, 0.2) is 66.9 Å². The van der Waals surface area contributed by atoms with Gasteiger partial charge in [0.25, 0.3) is 0 Å². The zero-order valence-corrected chi connectivity index (χ0v) is 15.8. The van der Waals surface area contributed by atoms with Crippen LogP contribution in [0.25, 0.3) is 11.1 Å². The van der Waals surface area contributed by atoms with Gasteiger partial charge in [-0.2, -0.15) is 9.90 Å². The lowest BCUT2D eigenvalue weighted by molar-refractivity contribution is -0.325. The standard InChI is InChI=1S/C21H17F3N2O4/c1-2-29-17-6-3-5-15(13-17)14-8-10-16(11-9-14)26(30-21(22,23)24)19-18(20(27)28)7-4-12-25-19/h3-13H,2H2,1H3,(H,27,28). The number of ether oxygens (including phenoxy) is 1. The largest absolute Gasteiger partial charge is 0.544 e. The predicted octanol–water partition coefficient (Wildman–Crippen LogP) is 5.44. The Labute approximate surface area is 170 Å². The van der Waals surface area contributed by atoms with E-state index in [4.69, 9.17) is 4.74 Å². The fraction of sp³-hybridized carbons (Fsp3) is 0.143. The van der Waals surface area contributed by atoms with Gasteiger partial charge in [0.2, 0.25) is 0 Å². The van der Waals surface area contributed by atoms with Crippen molar-refractivity contribution in [1.82, 2.24) is 4.98 Å². The monoisotopic (exact) mass is 418 g/mol. The normalized spacial score (nSPS) is 11.2. The smallest absolute Gasteiger partial charge is 0.494 e. The van der Waals surface area contributed by atoms with Crippen molar-refractivity contribution >= 4 is 17.5 Å². The number of aromatic nitrogens is 1. The third-order valence-electron chi connectivity index (χ3n) is 3.98. The molecule has 0 spiro atoms. The number of carbonyl (C=O) groups is 1. The van der Waals surface area contributed by atoms with Gasteiger partial charge >= 0.3 is 12.3 Å². The van der Waals surface area contributed by atoms with E-state index < -0.39 is 23.7 Å². The van der Waals surface area contributed by atoms with E-state index in [9.17, 15) is 23.1 Å². The lowest BCUT2D eigenvalue weighted by atomic mass is 10.1. The van der Waals surface area contributed by atoms with Gasteiger partial charge in [-0.3, -0.25) is 0 Å². The van der Waals surface area contributed by atoms with Crippen LogP contribution in [0.2, 0.25) is 0 Å². The Bertz CT molecular complexity index is 1020. The summed E-state index contributed by atoms with van der Waals surface area (Å²) in [5.74, 6) is -1.26. The average Bonchev–Trinajstić information content (AvgIpc) is 2.72. The van der Waals surface area contributed by atoms with Gasteiger partial charge in [-0.05, 0) is 54.4 Å². The summed E-state index contributed by atoms with van der Waals surface area (Å²) < 4.78 is 44.5. The molecule has 0 fully saturated rings. The van der Waals surface area contributed by atoms with Crippen molar-refractivity contribution < 1.29 is 32.6 Å². The highest BCUT2D eigenvalue weighted by atomic mass is 19.4. The molecule has 1 heterocycles. The van der Waals surface area contributed by atoms with E-state index >= 15 is 0 Å². The summed E-state index contributed by atoms with van der Waals surface area (Å²) in [6.45, 7) is 2.36. The number of halogens is 3. The highest BCUT2D eigenvalue weighted by Gasteiger charge is 2.36. The maximum Gasteiger partial charge on any atom is 0.544 e. The van der Waals surface area contributed by atoms with Crippen LogP contribution in [0, 0.1) is 0 Å². The van der Waals surface area contributed by atoms with E-state index in [0.717, 1.165) is 17.2 Å². The number of rotatable bonds is 7. The van der Waals surface area contributed by atoms with Gasteiger partial charge in [-0.1, -0.05) is 24.3 Å². The van der Waals surface area contributed by atoms with Gasteiger partial charge in [0.1, 0.15) is 11.3 Å². The summed E-state index contributed by atoms with van der Waals surface area (Å²) in [6.07, 6.45) is -3.88. The van der Waals surface area contributed by atoms with Gasteiger partial charge < -0.3 is 9.84 Å². The molecule has 0 aliphatic heterocycles. The fourth-order valence-electron chi connectivity index (χ4n) is 2.77. The number of aromatic carboxylic acids is 1. The summed E-state index contributed by atoms with van der Waals surface area (Å²) >= 11 is 0. The number of pyridine rings is 1. The maximum absolute atomic E-state index is 13.0. The topological polar surface area (TPSA) is 71.9 Å². The van der Waals surface area contributed by atoms with Crippen molar-refractivity contribution in [2.24, 2.45) is 0 Å². The van der Waals surface area contributed by atoms with Crippen LogP contribution >= 0.6 is 0 Å². The average molecular weight is 418 g/mol. The molecule has 9 heteroatoms. The molecule has 156 valence electrons. The molecular formula is C21H17F3N2O4. The summed E-state index contributed by atoms with van der Waals surface area (Å²) in [4.78, 5) is 19.3. The minimum absolute atomic E-state index is 0.0433. The molecule has 0 amide bonds. The molecule has 0 bridgehead atoms. The molecule has 0 aliphatic rings. The minimum atomic E-state index is -5.06. The molecule has 0 saturated heterocycles. The number of carboxylic acid groups (broad SMARTS) is 1. The van der Waals surface area contributed by atoms with Crippen molar-refractivity contribution in [1.29, 1.82) is 0 Å². The summed E-state index contributed by atoms with van der Waals surface area (Å²) in [5.41, 5.74) is 1.06. The molecule has 3 aromatic rings. The van der Waals surface area contributed by atoms with Crippen molar-refractivity contribution in [2.75, 3.05) is 11.7 Å². The van der Waals surface area contributed by atoms with E-state index in [1.165, 1.54) is 24.4 Å². The molecule has 0 atom stereocenters. The molecule has 0 radical (unpaired) electrons. The number of nitrogens with zero attached hydrogens (tertiary/aromatic N) is 2.